The van der Waals surface area contributed by atoms with Gasteiger partial charge in [-0.2, -0.15) is 4.98 Å². The third kappa shape index (κ3) is 5.45. The van der Waals surface area contributed by atoms with Crippen LogP contribution in [0, 0.1) is 17.8 Å². The van der Waals surface area contributed by atoms with E-state index in [0.717, 1.165) is 51.6 Å². The van der Waals surface area contributed by atoms with Crippen LogP contribution in [-0.4, -0.2) is 76.0 Å². The van der Waals surface area contributed by atoms with Crippen molar-refractivity contribution in [2.75, 3.05) is 37.8 Å². The smallest absolute Gasteiger partial charge is 0.308 e. The van der Waals surface area contributed by atoms with E-state index in [2.05, 4.69) is 32.5 Å². The molecule has 6 rings (SSSR count). The molecule has 4 aliphatic rings. The van der Waals surface area contributed by atoms with Crippen LogP contribution in [0.2, 0.25) is 0 Å². The molecule has 1 aromatic carbocycles. The number of carboxylic acid groups (broad SMARTS) is 1. The highest BCUT2D eigenvalue weighted by Gasteiger charge is 2.47. The molecule has 2 heterocycles. The largest absolute Gasteiger partial charge is 0.481 e. The van der Waals surface area contributed by atoms with Gasteiger partial charge < -0.3 is 25.5 Å². The number of likely N-dealkylation sites (tertiary alicyclic amines) is 1. The van der Waals surface area contributed by atoms with Crippen molar-refractivity contribution in [3.63, 3.8) is 0 Å². The maximum atomic E-state index is 13.8. The predicted molar refractivity (Wildman–Crippen MR) is 143 cm³/mol. The Morgan fingerprint density at radius 3 is 2.37 bits per heavy atom. The highest BCUT2D eigenvalue weighted by Crippen LogP contribution is 2.46. The molecule has 3 aliphatic carbocycles. The lowest BCUT2D eigenvalue weighted by atomic mass is 9.61. The number of rotatable bonds is 8. The number of carboxylic acids is 1. The third-order valence-electron chi connectivity index (χ3n) is 8.76. The van der Waals surface area contributed by atoms with Crippen LogP contribution in [0.25, 0.3) is 0 Å². The molecule has 1 saturated heterocycles. The lowest BCUT2D eigenvalue weighted by Gasteiger charge is -2.47. The number of nitrogens with zero attached hydrogens (tertiary/aromatic N) is 4. The number of piperidine rings is 1. The fourth-order valence-corrected chi connectivity index (χ4v) is 6.44. The van der Waals surface area contributed by atoms with Crippen molar-refractivity contribution in [1.82, 2.24) is 19.8 Å². The van der Waals surface area contributed by atoms with E-state index in [4.69, 9.17) is 0 Å². The number of carbonyl (C=O) groups is 2. The molecule has 2 bridgehead atoms. The van der Waals surface area contributed by atoms with Crippen molar-refractivity contribution >= 4 is 29.3 Å². The quantitative estimate of drug-likeness (QED) is 0.472. The average molecular weight is 525 g/mol. The van der Waals surface area contributed by atoms with Gasteiger partial charge in [-0.15, -0.1) is 0 Å². The first-order valence-corrected chi connectivity index (χ1v) is 13.6. The van der Waals surface area contributed by atoms with Gasteiger partial charge in [0.15, 0.2) is 0 Å². The van der Waals surface area contributed by atoms with Crippen molar-refractivity contribution in [2.45, 2.75) is 57.3 Å². The number of alkyl halides is 1. The second-order valence-corrected chi connectivity index (χ2v) is 11.1. The summed E-state index contributed by atoms with van der Waals surface area (Å²) >= 11 is 0. The fourth-order valence-electron chi connectivity index (χ4n) is 6.44. The SMILES string of the molecule is CN1CCC(N(C)C(=O)c2ccc(Nc3ncc(CF)c(NC4C5CCC(CC5)C4C(=O)O)n3)cc2)CC1. The van der Waals surface area contributed by atoms with Gasteiger partial charge in [0.25, 0.3) is 5.91 Å². The number of benzene rings is 1. The minimum atomic E-state index is -0.804. The molecule has 0 spiro atoms. The number of hydrogen-bond donors (Lipinski definition) is 3. The maximum absolute atomic E-state index is 13.8. The van der Waals surface area contributed by atoms with Gasteiger partial charge >= 0.3 is 5.97 Å². The lowest BCUT2D eigenvalue weighted by Crippen LogP contribution is -2.51. The zero-order chi connectivity index (χ0) is 26.8. The van der Waals surface area contributed by atoms with Gasteiger partial charge in [-0.3, -0.25) is 9.59 Å². The minimum absolute atomic E-state index is 0.00379. The average Bonchev–Trinajstić information content (AvgIpc) is 2.94. The van der Waals surface area contributed by atoms with Crippen molar-refractivity contribution in [2.24, 2.45) is 17.8 Å². The number of aromatic nitrogens is 2. The van der Waals surface area contributed by atoms with E-state index in [1.54, 1.807) is 24.3 Å². The highest BCUT2D eigenvalue weighted by molar-refractivity contribution is 5.94. The number of aliphatic carboxylic acids is 1. The Morgan fingerprint density at radius 1 is 1.08 bits per heavy atom. The predicted octanol–water partition coefficient (Wildman–Crippen LogP) is 4.16. The topological polar surface area (TPSA) is 111 Å². The summed E-state index contributed by atoms with van der Waals surface area (Å²) in [6.07, 6.45) is 7.18. The first-order chi connectivity index (χ1) is 18.3. The summed E-state index contributed by atoms with van der Waals surface area (Å²) in [7, 11) is 3.97. The molecule has 1 aliphatic heterocycles. The normalized spacial score (nSPS) is 25.7. The molecule has 2 unspecified atom stereocenters. The molecule has 1 amide bonds. The molecular weight excluding hydrogens is 487 g/mol. The third-order valence-corrected chi connectivity index (χ3v) is 8.76. The van der Waals surface area contributed by atoms with Gasteiger partial charge in [-0.25, -0.2) is 9.37 Å². The Kier molecular flexibility index (Phi) is 7.78. The van der Waals surface area contributed by atoms with E-state index in [0.29, 0.717) is 22.6 Å². The molecule has 38 heavy (non-hydrogen) atoms. The molecular formula is C28H37FN6O3. The van der Waals surface area contributed by atoms with Gasteiger partial charge in [-0.1, -0.05) is 0 Å². The van der Waals surface area contributed by atoms with Crippen molar-refractivity contribution in [1.29, 1.82) is 0 Å². The summed E-state index contributed by atoms with van der Waals surface area (Å²) < 4.78 is 13.8. The van der Waals surface area contributed by atoms with Gasteiger partial charge in [-0.05, 0) is 94.8 Å². The van der Waals surface area contributed by atoms with E-state index in [9.17, 15) is 19.1 Å². The first kappa shape index (κ1) is 26.3. The minimum Gasteiger partial charge on any atom is -0.481 e. The monoisotopic (exact) mass is 524 g/mol. The Bertz CT molecular complexity index is 1150. The van der Waals surface area contributed by atoms with E-state index in [-0.39, 0.29) is 35.8 Å². The van der Waals surface area contributed by atoms with E-state index >= 15 is 0 Å². The summed E-state index contributed by atoms with van der Waals surface area (Å²) in [5.41, 5.74) is 1.61. The lowest BCUT2D eigenvalue weighted by molar-refractivity contribution is -0.148. The fraction of sp³-hybridized carbons (Fsp3) is 0.571. The van der Waals surface area contributed by atoms with E-state index in [1.807, 2.05) is 11.9 Å². The van der Waals surface area contributed by atoms with E-state index < -0.39 is 18.6 Å². The molecule has 4 fully saturated rings. The Morgan fingerprint density at radius 2 is 1.74 bits per heavy atom. The number of nitrogens with one attached hydrogen (secondary N) is 2. The van der Waals surface area contributed by atoms with E-state index in [1.165, 1.54) is 6.20 Å². The van der Waals surface area contributed by atoms with Crippen LogP contribution in [0.1, 0.15) is 54.4 Å². The summed E-state index contributed by atoms with van der Waals surface area (Å²) in [5, 5.41) is 16.3. The summed E-state index contributed by atoms with van der Waals surface area (Å²) in [4.78, 5) is 37.9. The van der Waals surface area contributed by atoms with Crippen molar-refractivity contribution in [3.8, 4) is 0 Å². The molecule has 3 N–H and O–H groups in total. The van der Waals surface area contributed by atoms with Crippen molar-refractivity contribution < 1.29 is 19.1 Å². The highest BCUT2D eigenvalue weighted by atomic mass is 19.1. The molecule has 2 atom stereocenters. The van der Waals surface area contributed by atoms with Gasteiger partial charge in [0, 0.05) is 42.1 Å². The molecule has 9 nitrogen and oxygen atoms in total. The van der Waals surface area contributed by atoms with Gasteiger partial charge in [0.05, 0.1) is 5.92 Å². The second-order valence-electron chi connectivity index (χ2n) is 11.1. The summed E-state index contributed by atoms with van der Waals surface area (Å²) in [5.74, 6) is -0.321. The van der Waals surface area contributed by atoms with Crippen LogP contribution in [-0.2, 0) is 11.5 Å². The number of hydrogen-bond acceptors (Lipinski definition) is 7. The standard InChI is InChI=1S/C28H37FN6O3/c1-34-13-11-22(12-14-34)35(2)26(36)19-7-9-21(10-8-19)31-28-30-16-20(15-29)25(33-28)32-24-18-5-3-17(4-6-18)23(24)27(37)38/h7-10,16-18,22-24H,3-6,11-15H2,1-2H3,(H,37,38)(H2,30,31,32,33). The Hall–Kier alpha value is -3.27. The van der Waals surface area contributed by atoms with Gasteiger partial charge in [0.1, 0.15) is 12.5 Å². The van der Waals surface area contributed by atoms with Crippen LogP contribution in [0.15, 0.2) is 30.5 Å². The maximum Gasteiger partial charge on any atom is 0.308 e. The molecule has 0 radical (unpaired) electrons. The molecule has 1 aromatic heterocycles. The molecule has 3 saturated carbocycles. The number of fused-ring (bicyclic) bond motifs is 3. The summed E-state index contributed by atoms with van der Waals surface area (Å²) in [6.45, 7) is 1.23. The first-order valence-electron chi connectivity index (χ1n) is 13.6. The number of carbonyl (C=O) groups excluding carboxylic acids is 1. The molecule has 10 heteroatoms. The summed E-state index contributed by atoms with van der Waals surface area (Å²) in [6, 6.07) is 7.12. The van der Waals surface area contributed by atoms with Crippen LogP contribution in [0.4, 0.5) is 21.8 Å². The second kappa shape index (κ2) is 11.2. The van der Waals surface area contributed by atoms with Crippen LogP contribution in [0.3, 0.4) is 0 Å². The Labute approximate surface area is 222 Å². The Balaban J connectivity index is 1.27. The van der Waals surface area contributed by atoms with Crippen LogP contribution >= 0.6 is 0 Å². The van der Waals surface area contributed by atoms with Crippen molar-refractivity contribution in [3.05, 3.63) is 41.6 Å². The van der Waals surface area contributed by atoms with Gasteiger partial charge in [0.2, 0.25) is 5.95 Å². The zero-order valence-corrected chi connectivity index (χ0v) is 22.1. The number of anilines is 3. The molecule has 2 aromatic rings. The van der Waals surface area contributed by atoms with Crippen LogP contribution in [0.5, 0.6) is 0 Å². The number of halogens is 1. The number of amides is 1. The molecule has 204 valence electrons. The van der Waals surface area contributed by atoms with Crippen LogP contribution < -0.4 is 10.6 Å². The zero-order valence-electron chi connectivity index (χ0n) is 22.1.